The van der Waals surface area contributed by atoms with Crippen LogP contribution in [0.25, 0.3) is 0 Å². The van der Waals surface area contributed by atoms with Gasteiger partial charge < -0.3 is 9.80 Å². The smallest absolute Gasteiger partial charge is 0.266 e. The molecule has 0 saturated carbocycles. The van der Waals surface area contributed by atoms with E-state index >= 15 is 0 Å². The van der Waals surface area contributed by atoms with Gasteiger partial charge in [0, 0.05) is 65.1 Å². The van der Waals surface area contributed by atoms with Gasteiger partial charge in [0.2, 0.25) is 10.0 Å². The van der Waals surface area contributed by atoms with E-state index in [9.17, 15) is 18.5 Å². The molecule has 9 heteroatoms. The molecule has 1 amide bonds. The van der Waals surface area contributed by atoms with Crippen LogP contribution in [0.4, 0.5) is 0 Å². The van der Waals surface area contributed by atoms with Crippen LogP contribution in [-0.2, 0) is 21.4 Å². The lowest BCUT2D eigenvalue weighted by molar-refractivity contribution is -0.128. The molecule has 1 aromatic carbocycles. The van der Waals surface area contributed by atoms with E-state index in [4.69, 9.17) is 0 Å². The summed E-state index contributed by atoms with van der Waals surface area (Å²) in [6.07, 6.45) is 2.78. The van der Waals surface area contributed by atoms with Gasteiger partial charge in [-0.2, -0.15) is 9.57 Å². The molecule has 3 rings (SSSR count). The lowest BCUT2D eigenvalue weighted by Gasteiger charge is -2.35. The predicted molar refractivity (Wildman–Crippen MR) is 110 cm³/mol. The maximum Gasteiger partial charge on any atom is 0.266 e. The first-order valence-corrected chi connectivity index (χ1v) is 11.6. The van der Waals surface area contributed by atoms with Crippen LogP contribution < -0.4 is 0 Å². The average Bonchev–Trinajstić information content (AvgIpc) is 2.72. The van der Waals surface area contributed by atoms with Crippen LogP contribution in [0.1, 0.15) is 5.56 Å². The minimum Gasteiger partial charge on any atom is -0.373 e. The highest BCUT2D eigenvalue weighted by Gasteiger charge is 2.26. The number of sulfonamides is 1. The fourth-order valence-electron chi connectivity index (χ4n) is 3.60. The Kier molecular flexibility index (Phi) is 6.90. The number of benzene rings is 1. The molecule has 0 unspecified atom stereocenters. The van der Waals surface area contributed by atoms with Gasteiger partial charge in [-0.25, -0.2) is 8.42 Å². The summed E-state index contributed by atoms with van der Waals surface area (Å²) in [5.41, 5.74) is 1.35. The summed E-state index contributed by atoms with van der Waals surface area (Å²) >= 11 is 0. The van der Waals surface area contributed by atoms with Crippen molar-refractivity contribution >= 4 is 15.9 Å². The highest BCUT2D eigenvalue weighted by Crippen LogP contribution is 2.13. The van der Waals surface area contributed by atoms with Gasteiger partial charge in [-0.3, -0.25) is 9.69 Å². The number of nitrogens with zero attached hydrogens (tertiary/aromatic N) is 5. The zero-order valence-electron chi connectivity index (χ0n) is 16.7. The Morgan fingerprint density at radius 2 is 1.66 bits per heavy atom. The second-order valence-electron chi connectivity index (χ2n) is 7.41. The van der Waals surface area contributed by atoms with Crippen LogP contribution in [0.5, 0.6) is 0 Å². The second kappa shape index (κ2) is 9.39. The summed E-state index contributed by atoms with van der Waals surface area (Å²) in [6.45, 7) is 5.24. The molecule has 2 saturated heterocycles. The highest BCUT2D eigenvalue weighted by molar-refractivity contribution is 7.88. The normalized spacial score (nSPS) is 19.8. The number of piperazine rings is 2. The Labute approximate surface area is 172 Å². The molecule has 0 N–H and O–H groups in total. The number of hydrogen-bond donors (Lipinski definition) is 0. The average molecular weight is 418 g/mol. The molecule has 2 fully saturated rings. The van der Waals surface area contributed by atoms with Crippen molar-refractivity contribution in [1.82, 2.24) is 19.0 Å². The van der Waals surface area contributed by atoms with Crippen molar-refractivity contribution in [2.45, 2.75) is 6.54 Å². The standard InChI is InChI=1S/C20H27N5O3S/c1-29(27,28)25-13-9-23(10-14-25)17-19(15-21)20(26)24-11-7-22(8-12-24)16-18-5-3-2-4-6-18/h2-6,17H,7-14,16H2,1H3/b19-17-. The molecule has 156 valence electrons. The van der Waals surface area contributed by atoms with Crippen molar-refractivity contribution < 1.29 is 13.2 Å². The molecule has 0 aromatic heterocycles. The van der Waals surface area contributed by atoms with Crippen LogP contribution in [0, 0.1) is 11.3 Å². The molecule has 8 nitrogen and oxygen atoms in total. The van der Waals surface area contributed by atoms with Crippen molar-refractivity contribution in [2.24, 2.45) is 0 Å². The third kappa shape index (κ3) is 5.79. The van der Waals surface area contributed by atoms with Gasteiger partial charge in [0.15, 0.2) is 0 Å². The maximum absolute atomic E-state index is 12.8. The lowest BCUT2D eigenvalue weighted by atomic mass is 10.2. The molecule has 29 heavy (non-hydrogen) atoms. The first-order chi connectivity index (χ1) is 13.9. The quantitative estimate of drug-likeness (QED) is 0.506. The van der Waals surface area contributed by atoms with Crippen molar-refractivity contribution in [3.05, 3.63) is 47.7 Å². The van der Waals surface area contributed by atoms with Gasteiger partial charge in [-0.15, -0.1) is 0 Å². The minimum atomic E-state index is -3.20. The third-order valence-electron chi connectivity index (χ3n) is 5.31. The van der Waals surface area contributed by atoms with Gasteiger partial charge in [-0.05, 0) is 5.56 Å². The summed E-state index contributed by atoms with van der Waals surface area (Å²) in [5.74, 6) is -0.252. The lowest BCUT2D eigenvalue weighted by Crippen LogP contribution is -2.49. The number of amides is 1. The third-order valence-corrected chi connectivity index (χ3v) is 6.62. The number of carbonyl (C=O) groups excluding carboxylic acids is 1. The van der Waals surface area contributed by atoms with Gasteiger partial charge >= 0.3 is 0 Å². The van der Waals surface area contributed by atoms with Crippen LogP contribution in [0.2, 0.25) is 0 Å². The monoisotopic (exact) mass is 417 g/mol. The fourth-order valence-corrected chi connectivity index (χ4v) is 4.43. The number of nitriles is 1. The van der Waals surface area contributed by atoms with E-state index < -0.39 is 10.0 Å². The van der Waals surface area contributed by atoms with Gasteiger partial charge in [0.05, 0.1) is 6.26 Å². The van der Waals surface area contributed by atoms with E-state index in [1.54, 1.807) is 11.1 Å². The number of hydrogen-bond acceptors (Lipinski definition) is 6. The summed E-state index contributed by atoms with van der Waals surface area (Å²) in [6, 6.07) is 12.3. The Bertz CT molecular complexity index is 878. The molecule has 2 aliphatic rings. The first kappa shape index (κ1) is 21.3. The zero-order valence-corrected chi connectivity index (χ0v) is 17.5. The van der Waals surface area contributed by atoms with E-state index in [0.29, 0.717) is 39.3 Å². The first-order valence-electron chi connectivity index (χ1n) is 9.73. The molecular weight excluding hydrogens is 390 g/mol. The van der Waals surface area contributed by atoms with Crippen molar-refractivity contribution in [3.8, 4) is 6.07 Å². The van der Waals surface area contributed by atoms with Crippen molar-refractivity contribution in [3.63, 3.8) is 0 Å². The summed E-state index contributed by atoms with van der Waals surface area (Å²) < 4.78 is 24.6. The Balaban J connectivity index is 1.53. The molecule has 0 aliphatic carbocycles. The summed E-state index contributed by atoms with van der Waals surface area (Å²) in [7, 11) is -3.20. The Hall–Kier alpha value is -2.41. The van der Waals surface area contributed by atoms with Gasteiger partial charge in [0.25, 0.3) is 5.91 Å². The molecule has 2 heterocycles. The van der Waals surface area contributed by atoms with Crippen LogP contribution in [0.15, 0.2) is 42.1 Å². The van der Waals surface area contributed by atoms with Gasteiger partial charge in [-0.1, -0.05) is 30.3 Å². The van der Waals surface area contributed by atoms with E-state index in [0.717, 1.165) is 19.6 Å². The number of rotatable bonds is 5. The molecule has 0 atom stereocenters. The molecule has 0 bridgehead atoms. The maximum atomic E-state index is 12.8. The fraction of sp³-hybridized carbons (Fsp3) is 0.500. The molecule has 0 spiro atoms. The number of carbonyl (C=O) groups is 1. The van der Waals surface area contributed by atoms with Crippen LogP contribution >= 0.6 is 0 Å². The van der Waals surface area contributed by atoms with Crippen molar-refractivity contribution in [2.75, 3.05) is 58.6 Å². The summed E-state index contributed by atoms with van der Waals surface area (Å²) in [5, 5.41) is 9.48. The topological polar surface area (TPSA) is 88.0 Å². The van der Waals surface area contributed by atoms with Crippen LogP contribution in [-0.4, -0.2) is 91.9 Å². The Morgan fingerprint density at radius 3 is 2.21 bits per heavy atom. The van der Waals surface area contributed by atoms with E-state index in [2.05, 4.69) is 17.0 Å². The Morgan fingerprint density at radius 1 is 1.03 bits per heavy atom. The predicted octanol–water partition coefficient (Wildman–Crippen LogP) is 0.315. The molecule has 2 aliphatic heterocycles. The highest BCUT2D eigenvalue weighted by atomic mass is 32.2. The van der Waals surface area contributed by atoms with Crippen molar-refractivity contribution in [1.29, 1.82) is 5.26 Å². The minimum absolute atomic E-state index is 0.106. The summed E-state index contributed by atoms with van der Waals surface area (Å²) in [4.78, 5) is 18.7. The van der Waals surface area contributed by atoms with E-state index in [-0.39, 0.29) is 11.5 Å². The van der Waals surface area contributed by atoms with E-state index in [1.165, 1.54) is 16.1 Å². The van der Waals surface area contributed by atoms with Crippen LogP contribution in [0.3, 0.4) is 0 Å². The molecule has 0 radical (unpaired) electrons. The largest absolute Gasteiger partial charge is 0.373 e. The molecule has 1 aromatic rings. The van der Waals surface area contributed by atoms with Gasteiger partial charge in [0.1, 0.15) is 11.6 Å². The zero-order chi connectivity index (χ0) is 20.9. The second-order valence-corrected chi connectivity index (χ2v) is 9.39. The van der Waals surface area contributed by atoms with E-state index in [1.807, 2.05) is 29.2 Å². The SMILES string of the molecule is CS(=O)(=O)N1CCN(/C=C(/C#N)C(=O)N2CCN(Cc3ccccc3)CC2)CC1. The molecular formula is C20H27N5O3S.